The molecule has 0 bridgehead atoms. The summed E-state index contributed by atoms with van der Waals surface area (Å²) in [6, 6.07) is -0.832. The van der Waals surface area contributed by atoms with Crippen molar-refractivity contribution in [3.05, 3.63) is 0 Å². The Hall–Kier alpha value is -1.79. The van der Waals surface area contributed by atoms with E-state index in [1.54, 1.807) is 4.90 Å². The number of hydrogen-bond acceptors (Lipinski definition) is 3. The number of likely N-dealkylation sites (N-methyl/N-ethyl adjacent to an activating group) is 2. The van der Waals surface area contributed by atoms with E-state index >= 15 is 0 Å². The molecule has 7 nitrogen and oxygen atoms in total. The highest BCUT2D eigenvalue weighted by Gasteiger charge is 2.20. The van der Waals surface area contributed by atoms with Crippen molar-refractivity contribution in [3.63, 3.8) is 0 Å². The Bertz CT molecular complexity index is 356. The van der Waals surface area contributed by atoms with Gasteiger partial charge in [-0.1, -0.05) is 13.3 Å². The fraction of sp³-hybridized carbons (Fsp3) is 0.786. The predicted molar refractivity (Wildman–Crippen MR) is 80.0 cm³/mol. The van der Waals surface area contributed by atoms with Crippen LogP contribution in [0.25, 0.3) is 0 Å². The van der Waals surface area contributed by atoms with Crippen LogP contribution in [0, 0.1) is 0 Å². The molecule has 1 unspecified atom stereocenters. The van der Waals surface area contributed by atoms with Crippen molar-refractivity contribution in [1.82, 2.24) is 15.1 Å². The molecular weight excluding hydrogens is 274 g/mol. The Labute approximate surface area is 126 Å². The Morgan fingerprint density at radius 1 is 1.14 bits per heavy atom. The highest BCUT2D eigenvalue weighted by Crippen LogP contribution is 2.03. The van der Waals surface area contributed by atoms with Crippen LogP contribution in [0.2, 0.25) is 0 Å². The topological polar surface area (TPSA) is 90.0 Å². The highest BCUT2D eigenvalue weighted by molar-refractivity contribution is 5.84. The number of carbonyl (C=O) groups excluding carboxylic acids is 2. The molecule has 0 aliphatic rings. The summed E-state index contributed by atoms with van der Waals surface area (Å²) in [5.74, 6) is -1.07. The van der Waals surface area contributed by atoms with Gasteiger partial charge in [0.1, 0.15) is 6.54 Å². The van der Waals surface area contributed by atoms with Crippen LogP contribution in [0.15, 0.2) is 0 Å². The molecule has 0 heterocycles. The number of aliphatic carboxylic acids is 1. The van der Waals surface area contributed by atoms with E-state index in [4.69, 9.17) is 5.11 Å². The van der Waals surface area contributed by atoms with Crippen LogP contribution in [0.3, 0.4) is 0 Å². The van der Waals surface area contributed by atoms with E-state index in [2.05, 4.69) is 5.32 Å². The molecule has 0 aliphatic carbocycles. The number of rotatable bonds is 9. The molecule has 0 saturated heterocycles. The second-order valence-corrected chi connectivity index (χ2v) is 4.96. The van der Waals surface area contributed by atoms with Gasteiger partial charge in [0.15, 0.2) is 0 Å². The van der Waals surface area contributed by atoms with Gasteiger partial charge in [-0.2, -0.15) is 0 Å². The zero-order chi connectivity index (χ0) is 16.4. The quantitative estimate of drug-likeness (QED) is 0.668. The Kier molecular flexibility index (Phi) is 9.16. The van der Waals surface area contributed by atoms with Crippen molar-refractivity contribution in [2.75, 3.05) is 26.7 Å². The molecule has 3 amide bonds. The minimum atomic E-state index is -0.948. The first-order chi connectivity index (χ1) is 9.85. The van der Waals surface area contributed by atoms with E-state index in [-0.39, 0.29) is 18.9 Å². The van der Waals surface area contributed by atoms with Gasteiger partial charge in [-0.25, -0.2) is 4.79 Å². The van der Waals surface area contributed by atoms with Crippen molar-refractivity contribution in [1.29, 1.82) is 0 Å². The zero-order valence-electron chi connectivity index (χ0n) is 13.4. The van der Waals surface area contributed by atoms with Gasteiger partial charge in [0.2, 0.25) is 5.91 Å². The summed E-state index contributed by atoms with van der Waals surface area (Å²) in [5.41, 5.74) is 0. The predicted octanol–water partition coefficient (Wildman–Crippen LogP) is 1.14. The molecule has 0 aromatic carbocycles. The van der Waals surface area contributed by atoms with E-state index in [1.165, 1.54) is 11.9 Å². The average Bonchev–Trinajstić information content (AvgIpc) is 2.39. The number of nitrogens with zero attached hydrogens (tertiary/aromatic N) is 2. The molecule has 21 heavy (non-hydrogen) atoms. The molecule has 1 atom stereocenters. The molecule has 2 N–H and O–H groups in total. The Balaban J connectivity index is 4.47. The van der Waals surface area contributed by atoms with Crippen molar-refractivity contribution in [2.45, 2.75) is 46.1 Å². The second kappa shape index (κ2) is 10.0. The van der Waals surface area contributed by atoms with E-state index in [0.29, 0.717) is 19.5 Å². The molecule has 0 saturated carbocycles. The van der Waals surface area contributed by atoms with Crippen LogP contribution in [-0.4, -0.2) is 65.5 Å². The maximum Gasteiger partial charge on any atom is 0.317 e. The monoisotopic (exact) mass is 301 g/mol. The summed E-state index contributed by atoms with van der Waals surface area (Å²) < 4.78 is 0. The van der Waals surface area contributed by atoms with Gasteiger partial charge in [0, 0.05) is 26.2 Å². The van der Waals surface area contributed by atoms with Crippen molar-refractivity contribution < 1.29 is 19.5 Å². The summed E-state index contributed by atoms with van der Waals surface area (Å²) >= 11 is 0. The maximum atomic E-state index is 12.0. The van der Waals surface area contributed by atoms with Gasteiger partial charge in [-0.15, -0.1) is 0 Å². The van der Waals surface area contributed by atoms with E-state index < -0.39 is 18.0 Å². The number of hydrogen-bond donors (Lipinski definition) is 2. The fourth-order valence-corrected chi connectivity index (χ4v) is 2.02. The third-order valence-corrected chi connectivity index (χ3v) is 3.22. The maximum absolute atomic E-state index is 12.0. The number of nitrogens with one attached hydrogen (secondary N) is 1. The normalized spacial score (nSPS) is 11.6. The number of amides is 3. The van der Waals surface area contributed by atoms with Gasteiger partial charge < -0.3 is 20.2 Å². The molecule has 0 aromatic rings. The zero-order valence-corrected chi connectivity index (χ0v) is 13.4. The molecule has 0 rings (SSSR count). The summed E-state index contributed by atoms with van der Waals surface area (Å²) in [6.07, 6.45) is 1.26. The van der Waals surface area contributed by atoms with Crippen LogP contribution in [0.1, 0.15) is 40.0 Å². The summed E-state index contributed by atoms with van der Waals surface area (Å²) in [7, 11) is 1.53. The first-order valence-corrected chi connectivity index (χ1v) is 7.36. The van der Waals surface area contributed by atoms with Crippen molar-refractivity contribution >= 4 is 17.9 Å². The molecular formula is C14H27N3O4. The number of carboxylic acids is 1. The van der Waals surface area contributed by atoms with Crippen molar-refractivity contribution in [2.24, 2.45) is 0 Å². The van der Waals surface area contributed by atoms with Gasteiger partial charge in [-0.05, 0) is 20.3 Å². The van der Waals surface area contributed by atoms with Gasteiger partial charge >= 0.3 is 12.0 Å². The SMILES string of the molecule is CCCC(CC(=O)O)NC(=O)N(C)CC(=O)N(CC)CC. The van der Waals surface area contributed by atoms with E-state index in [9.17, 15) is 14.4 Å². The van der Waals surface area contributed by atoms with Crippen LogP contribution in [0.5, 0.6) is 0 Å². The Morgan fingerprint density at radius 3 is 2.14 bits per heavy atom. The third kappa shape index (κ3) is 7.53. The van der Waals surface area contributed by atoms with Crippen molar-refractivity contribution in [3.8, 4) is 0 Å². The molecule has 0 spiro atoms. The lowest BCUT2D eigenvalue weighted by Crippen LogP contribution is -2.48. The van der Waals surface area contributed by atoms with E-state index in [0.717, 1.165) is 6.42 Å². The summed E-state index contributed by atoms with van der Waals surface area (Å²) in [6.45, 7) is 6.87. The number of carboxylic acid groups (broad SMARTS) is 1. The lowest BCUT2D eigenvalue weighted by Gasteiger charge is -2.25. The second-order valence-electron chi connectivity index (χ2n) is 4.96. The van der Waals surface area contributed by atoms with Gasteiger partial charge in [0.05, 0.1) is 6.42 Å². The Morgan fingerprint density at radius 2 is 1.71 bits per heavy atom. The van der Waals surface area contributed by atoms with Crippen LogP contribution in [-0.2, 0) is 9.59 Å². The fourth-order valence-electron chi connectivity index (χ4n) is 2.02. The van der Waals surface area contributed by atoms with Gasteiger partial charge in [-0.3, -0.25) is 9.59 Å². The molecule has 0 aromatic heterocycles. The lowest BCUT2D eigenvalue weighted by atomic mass is 10.1. The largest absolute Gasteiger partial charge is 0.481 e. The highest BCUT2D eigenvalue weighted by atomic mass is 16.4. The van der Waals surface area contributed by atoms with Gasteiger partial charge in [0.25, 0.3) is 0 Å². The first-order valence-electron chi connectivity index (χ1n) is 7.36. The molecule has 0 aliphatic heterocycles. The molecule has 122 valence electrons. The minimum Gasteiger partial charge on any atom is -0.481 e. The number of carbonyl (C=O) groups is 3. The number of urea groups is 1. The third-order valence-electron chi connectivity index (χ3n) is 3.22. The molecule has 7 heteroatoms. The van der Waals surface area contributed by atoms with Crippen LogP contribution < -0.4 is 5.32 Å². The minimum absolute atomic E-state index is 0.0145. The summed E-state index contributed by atoms with van der Waals surface area (Å²) in [5, 5.41) is 11.5. The molecule has 0 fully saturated rings. The molecule has 0 radical (unpaired) electrons. The first kappa shape index (κ1) is 19.2. The smallest absolute Gasteiger partial charge is 0.317 e. The standard InChI is InChI=1S/C14H27N3O4/c1-5-8-11(9-13(19)20)15-14(21)16(4)10-12(18)17(6-2)7-3/h11H,5-10H2,1-4H3,(H,15,21)(H,19,20). The summed E-state index contributed by atoms with van der Waals surface area (Å²) in [4.78, 5) is 37.6. The average molecular weight is 301 g/mol. The lowest BCUT2D eigenvalue weighted by molar-refractivity contribution is -0.137. The van der Waals surface area contributed by atoms with Crippen LogP contribution in [0.4, 0.5) is 4.79 Å². The van der Waals surface area contributed by atoms with E-state index in [1.807, 2.05) is 20.8 Å². The van der Waals surface area contributed by atoms with Crippen LogP contribution >= 0.6 is 0 Å².